The second kappa shape index (κ2) is 5.42. The summed E-state index contributed by atoms with van der Waals surface area (Å²) in [5.41, 5.74) is 5.61. The molecule has 0 aliphatic carbocycles. The first kappa shape index (κ1) is 14.8. The van der Waals surface area contributed by atoms with Gasteiger partial charge in [0.1, 0.15) is 5.82 Å². The van der Waals surface area contributed by atoms with Gasteiger partial charge in [0.25, 0.3) is 0 Å². The highest BCUT2D eigenvalue weighted by Gasteiger charge is 2.35. The van der Waals surface area contributed by atoms with Crippen molar-refractivity contribution in [3.8, 4) is 0 Å². The summed E-state index contributed by atoms with van der Waals surface area (Å²) in [5.74, 6) is 0.739. The molecule has 2 saturated heterocycles. The lowest BCUT2D eigenvalue weighted by Gasteiger charge is -2.43. The highest BCUT2D eigenvalue weighted by Crippen LogP contribution is 2.52. The van der Waals surface area contributed by atoms with Crippen molar-refractivity contribution in [1.82, 2.24) is 5.32 Å². The van der Waals surface area contributed by atoms with Crippen molar-refractivity contribution in [2.24, 2.45) is 0 Å². The van der Waals surface area contributed by atoms with Crippen molar-refractivity contribution >= 4 is 28.7 Å². The van der Waals surface area contributed by atoms with E-state index in [-0.39, 0.29) is 5.82 Å². The Hall–Kier alpha value is -1.72. The largest absolute Gasteiger partial charge is 0.367 e. The maximum atomic E-state index is 14.7. The van der Waals surface area contributed by atoms with Gasteiger partial charge < -0.3 is 15.1 Å². The number of hydrogen-bond donors (Lipinski definition) is 1. The van der Waals surface area contributed by atoms with Crippen LogP contribution in [0.3, 0.4) is 0 Å². The Morgan fingerprint density at radius 2 is 2.00 bits per heavy atom. The fraction of sp³-hybridized carbons (Fsp3) is 0.333. The van der Waals surface area contributed by atoms with Crippen LogP contribution in [0.2, 0.25) is 0 Å². The molecule has 1 aromatic carbocycles. The lowest BCUT2D eigenvalue weighted by molar-refractivity contribution is 0.566. The third-order valence-corrected chi connectivity index (χ3v) is 5.74. The molecule has 5 heteroatoms. The van der Waals surface area contributed by atoms with Crippen LogP contribution in [0.25, 0.3) is 5.57 Å². The Morgan fingerprint density at radius 1 is 1.26 bits per heavy atom. The number of rotatable bonds is 2. The van der Waals surface area contributed by atoms with Gasteiger partial charge in [0.05, 0.1) is 22.3 Å². The summed E-state index contributed by atoms with van der Waals surface area (Å²) in [4.78, 5) is 4.38. The van der Waals surface area contributed by atoms with Crippen LogP contribution in [0.15, 0.2) is 41.5 Å². The van der Waals surface area contributed by atoms with Crippen LogP contribution in [0.1, 0.15) is 12.5 Å². The number of nitrogens with one attached hydrogen (secondary N) is 1. The molecule has 3 nitrogen and oxygen atoms in total. The molecule has 0 saturated carbocycles. The molecule has 3 heterocycles. The number of thioether (sulfide) groups is 1. The van der Waals surface area contributed by atoms with Crippen molar-refractivity contribution in [3.63, 3.8) is 0 Å². The zero-order valence-corrected chi connectivity index (χ0v) is 14.1. The van der Waals surface area contributed by atoms with E-state index in [1.54, 1.807) is 17.8 Å². The summed E-state index contributed by atoms with van der Waals surface area (Å²) in [6.45, 7) is 13.7. The van der Waals surface area contributed by atoms with Gasteiger partial charge in [0.2, 0.25) is 0 Å². The number of benzene rings is 1. The number of piperazine rings is 1. The van der Waals surface area contributed by atoms with Crippen LogP contribution < -0.4 is 15.1 Å². The fourth-order valence-electron chi connectivity index (χ4n) is 3.45. The van der Waals surface area contributed by atoms with Gasteiger partial charge in [-0.25, -0.2) is 4.39 Å². The predicted molar refractivity (Wildman–Crippen MR) is 97.3 cm³/mol. The first-order chi connectivity index (χ1) is 11.1. The second-order valence-corrected chi connectivity index (χ2v) is 7.13. The monoisotopic (exact) mass is 329 g/mol. The summed E-state index contributed by atoms with van der Waals surface area (Å²) in [6.07, 6.45) is 0. The van der Waals surface area contributed by atoms with Gasteiger partial charge in [0.15, 0.2) is 0 Å². The van der Waals surface area contributed by atoms with E-state index in [0.717, 1.165) is 60.0 Å². The van der Waals surface area contributed by atoms with E-state index in [9.17, 15) is 4.39 Å². The van der Waals surface area contributed by atoms with E-state index < -0.39 is 0 Å². The minimum absolute atomic E-state index is 0.163. The molecule has 4 rings (SSSR count). The van der Waals surface area contributed by atoms with Crippen LogP contribution in [0, 0.1) is 5.82 Å². The van der Waals surface area contributed by atoms with E-state index in [4.69, 9.17) is 0 Å². The average molecular weight is 329 g/mol. The van der Waals surface area contributed by atoms with Crippen molar-refractivity contribution < 1.29 is 4.39 Å². The van der Waals surface area contributed by atoms with Crippen LogP contribution in [0.5, 0.6) is 0 Å². The third-order valence-electron chi connectivity index (χ3n) is 4.66. The molecular formula is C18H20FN3S. The van der Waals surface area contributed by atoms with E-state index in [0.29, 0.717) is 5.69 Å². The average Bonchev–Trinajstić information content (AvgIpc) is 2.51. The summed E-state index contributed by atoms with van der Waals surface area (Å²) >= 11 is 1.81. The van der Waals surface area contributed by atoms with Crippen LogP contribution in [-0.4, -0.2) is 32.1 Å². The summed E-state index contributed by atoms with van der Waals surface area (Å²) in [7, 11) is 0. The number of allylic oxidation sites excluding steroid dienone is 3. The molecule has 1 aromatic rings. The van der Waals surface area contributed by atoms with E-state index in [1.165, 1.54) is 5.03 Å². The molecule has 0 bridgehead atoms. The number of fused-ring (bicyclic) bond motifs is 3. The Bertz CT molecular complexity index is 747. The molecule has 0 spiro atoms. The molecule has 3 aliphatic rings. The first-order valence-electron chi connectivity index (χ1n) is 7.87. The molecule has 1 N–H and O–H groups in total. The summed E-state index contributed by atoms with van der Waals surface area (Å²) in [6, 6.07) is 3.65. The van der Waals surface area contributed by atoms with Crippen LogP contribution in [0.4, 0.5) is 15.8 Å². The quantitative estimate of drug-likeness (QED) is 0.894. The minimum atomic E-state index is -0.163. The smallest absolute Gasteiger partial charge is 0.147 e. The standard InChI is InChI=1S/C18H20FN3S/c1-11(2)17-12(3)13-8-14(19)16(21-6-4-20-5-7-21)9-15(13)22-10-23-18(17)22/h8-9,20H,1,3-7,10H2,2H3. The first-order valence-corrected chi connectivity index (χ1v) is 8.86. The minimum Gasteiger partial charge on any atom is -0.367 e. The zero-order valence-electron chi connectivity index (χ0n) is 13.3. The topological polar surface area (TPSA) is 18.5 Å². The Kier molecular flexibility index (Phi) is 3.50. The van der Waals surface area contributed by atoms with Gasteiger partial charge in [-0.2, -0.15) is 0 Å². The number of hydrogen-bond acceptors (Lipinski definition) is 4. The van der Waals surface area contributed by atoms with Crippen LogP contribution in [-0.2, 0) is 0 Å². The Balaban J connectivity index is 1.80. The predicted octanol–water partition coefficient (Wildman–Crippen LogP) is 3.56. The van der Waals surface area contributed by atoms with Gasteiger partial charge >= 0.3 is 0 Å². The molecule has 120 valence electrons. The summed E-state index contributed by atoms with van der Waals surface area (Å²) < 4.78 is 14.7. The van der Waals surface area contributed by atoms with Gasteiger partial charge in [-0.3, -0.25) is 0 Å². The highest BCUT2D eigenvalue weighted by molar-refractivity contribution is 8.05. The lowest BCUT2D eigenvalue weighted by atomic mass is 9.90. The van der Waals surface area contributed by atoms with Crippen molar-refractivity contribution in [3.05, 3.63) is 52.8 Å². The molecule has 3 aliphatic heterocycles. The van der Waals surface area contributed by atoms with E-state index in [2.05, 4.69) is 28.3 Å². The summed E-state index contributed by atoms with van der Waals surface area (Å²) in [5, 5.41) is 4.51. The number of nitrogens with zero attached hydrogens (tertiary/aromatic N) is 2. The molecule has 0 atom stereocenters. The van der Waals surface area contributed by atoms with Gasteiger partial charge in [0, 0.05) is 37.3 Å². The van der Waals surface area contributed by atoms with Crippen molar-refractivity contribution in [2.45, 2.75) is 6.92 Å². The maximum absolute atomic E-state index is 14.7. The van der Waals surface area contributed by atoms with E-state index in [1.807, 2.05) is 13.0 Å². The van der Waals surface area contributed by atoms with Gasteiger partial charge in [-0.15, -0.1) is 0 Å². The fourth-order valence-corrected chi connectivity index (χ4v) is 4.51. The molecule has 2 fully saturated rings. The van der Waals surface area contributed by atoms with Crippen molar-refractivity contribution in [1.29, 1.82) is 0 Å². The molecule has 0 amide bonds. The number of halogens is 1. The van der Waals surface area contributed by atoms with Crippen molar-refractivity contribution in [2.75, 3.05) is 41.9 Å². The van der Waals surface area contributed by atoms with E-state index >= 15 is 0 Å². The Labute approximate surface area is 140 Å². The number of anilines is 2. The molecule has 0 unspecified atom stereocenters. The van der Waals surface area contributed by atoms with Gasteiger partial charge in [-0.1, -0.05) is 24.9 Å². The molecule has 0 radical (unpaired) electrons. The molecule has 0 aromatic heterocycles. The zero-order chi connectivity index (χ0) is 16.1. The third kappa shape index (κ3) is 2.22. The Morgan fingerprint density at radius 3 is 2.61 bits per heavy atom. The highest BCUT2D eigenvalue weighted by atomic mass is 32.2. The van der Waals surface area contributed by atoms with Crippen LogP contribution >= 0.6 is 11.8 Å². The SMILES string of the molecule is C=C(C)C1=C2SCN2c2cc(N3CCNCC3)c(F)cc2C1=C. The lowest BCUT2D eigenvalue weighted by Crippen LogP contribution is -2.44. The second-order valence-electron chi connectivity index (χ2n) is 6.20. The molecular weight excluding hydrogens is 309 g/mol. The maximum Gasteiger partial charge on any atom is 0.147 e. The van der Waals surface area contributed by atoms with Gasteiger partial charge in [-0.05, 0) is 30.2 Å². The normalized spacial score (nSPS) is 20.2. The molecule has 23 heavy (non-hydrogen) atoms.